The number of ether oxygens (including phenoxy) is 1. The van der Waals surface area contributed by atoms with Gasteiger partial charge in [-0.2, -0.15) is 0 Å². The van der Waals surface area contributed by atoms with Gasteiger partial charge >= 0.3 is 9.05 Å². The van der Waals surface area contributed by atoms with E-state index in [9.17, 15) is 0 Å². The van der Waals surface area contributed by atoms with Crippen LogP contribution in [0.2, 0.25) is 0 Å². The Balaban J connectivity index is 2.80. The van der Waals surface area contributed by atoms with Crippen LogP contribution in [0.15, 0.2) is 0 Å². The molecule has 6 heteroatoms. The molecule has 1 fully saturated rings. The average molecular weight is 321 g/mol. The van der Waals surface area contributed by atoms with Crippen molar-refractivity contribution in [3.63, 3.8) is 0 Å². The molecule has 5 nitrogen and oxygen atoms in total. The van der Waals surface area contributed by atoms with Crippen LogP contribution in [0, 0.1) is 0 Å². The van der Waals surface area contributed by atoms with E-state index in [0.29, 0.717) is 6.61 Å². The molecule has 1 saturated heterocycles. The largest absolute Gasteiger partial charge is 0.679 e. The number of hydrogen-bond acceptors (Lipinski definition) is 5. The Labute approximate surface area is 130 Å². The van der Waals surface area contributed by atoms with Gasteiger partial charge < -0.3 is 22.4 Å². The highest BCUT2D eigenvalue weighted by atomic mass is 28.4. The molecule has 0 saturated carbocycles. The fourth-order valence-corrected chi connectivity index (χ4v) is 4.69. The van der Waals surface area contributed by atoms with Gasteiger partial charge in [0.25, 0.3) is 0 Å². The van der Waals surface area contributed by atoms with E-state index in [4.69, 9.17) is 22.4 Å². The van der Waals surface area contributed by atoms with Crippen LogP contribution in [-0.4, -0.2) is 48.2 Å². The second-order valence-electron chi connectivity index (χ2n) is 5.71. The highest BCUT2D eigenvalue weighted by Gasteiger charge is 2.51. The molecule has 0 bridgehead atoms. The van der Waals surface area contributed by atoms with Gasteiger partial charge in [-0.3, -0.25) is 0 Å². The first-order chi connectivity index (χ1) is 10.1. The van der Waals surface area contributed by atoms with Crippen LogP contribution in [0.4, 0.5) is 0 Å². The van der Waals surface area contributed by atoms with E-state index < -0.39 is 9.05 Å². The highest BCUT2D eigenvalue weighted by Crippen LogP contribution is 2.34. The molecule has 0 aliphatic carbocycles. The smallest absolute Gasteiger partial charge is 0.371 e. The van der Waals surface area contributed by atoms with Gasteiger partial charge in [-0.1, -0.05) is 40.0 Å². The molecule has 1 atom stereocenters. The summed E-state index contributed by atoms with van der Waals surface area (Å²) in [5.74, 6) is 0. The summed E-state index contributed by atoms with van der Waals surface area (Å²) in [6, 6.07) is 0. The fourth-order valence-electron chi connectivity index (χ4n) is 2.83. The topological polar surface area (TPSA) is 49.5 Å². The van der Waals surface area contributed by atoms with Crippen molar-refractivity contribution in [2.75, 3.05) is 27.4 Å². The first kappa shape index (κ1) is 19.1. The first-order valence-corrected chi connectivity index (χ1v) is 9.78. The third kappa shape index (κ3) is 5.96. The molecule has 21 heavy (non-hydrogen) atoms. The van der Waals surface area contributed by atoms with Gasteiger partial charge in [-0.25, -0.2) is 0 Å². The van der Waals surface area contributed by atoms with Crippen molar-refractivity contribution < 1.29 is 22.4 Å². The molecule has 1 aliphatic rings. The van der Waals surface area contributed by atoms with E-state index in [2.05, 4.69) is 20.8 Å². The predicted molar refractivity (Wildman–Crippen MR) is 84.0 cm³/mol. The lowest BCUT2D eigenvalue weighted by atomic mass is 9.88. The summed E-state index contributed by atoms with van der Waals surface area (Å²) in [6.45, 7) is 7.79. The Morgan fingerprint density at radius 3 is 1.81 bits per heavy atom. The summed E-state index contributed by atoms with van der Waals surface area (Å²) >= 11 is 0. The molecule has 1 heterocycles. The molecule has 0 radical (unpaired) electrons. The quantitative estimate of drug-likeness (QED) is 0.385. The van der Waals surface area contributed by atoms with Crippen molar-refractivity contribution >= 4 is 9.05 Å². The van der Waals surface area contributed by atoms with Gasteiger partial charge in [0, 0.05) is 14.2 Å². The SMILES string of the molecule is CCCC(CCC)(CCC)O[Si](OC)(OC)OCC1CO1. The van der Waals surface area contributed by atoms with Gasteiger partial charge in [-0.15, -0.1) is 0 Å². The summed E-state index contributed by atoms with van der Waals surface area (Å²) in [7, 11) is 0.125. The summed E-state index contributed by atoms with van der Waals surface area (Å²) < 4.78 is 28.7. The van der Waals surface area contributed by atoms with Crippen LogP contribution in [0.1, 0.15) is 59.3 Å². The molecule has 1 unspecified atom stereocenters. The molecule has 0 amide bonds. The van der Waals surface area contributed by atoms with E-state index in [0.717, 1.165) is 45.1 Å². The number of hydrogen-bond donors (Lipinski definition) is 0. The lowest BCUT2D eigenvalue weighted by Gasteiger charge is -2.39. The van der Waals surface area contributed by atoms with Crippen LogP contribution in [0.3, 0.4) is 0 Å². The van der Waals surface area contributed by atoms with Crippen LogP contribution < -0.4 is 0 Å². The van der Waals surface area contributed by atoms with E-state index in [1.165, 1.54) is 0 Å². The normalized spacial score (nSPS) is 19.0. The lowest BCUT2D eigenvalue weighted by Crippen LogP contribution is -2.55. The minimum atomic E-state index is -3.09. The Kier molecular flexibility index (Phi) is 8.37. The van der Waals surface area contributed by atoms with Crippen molar-refractivity contribution in [1.29, 1.82) is 0 Å². The molecule has 0 aromatic heterocycles. The molecule has 0 aromatic carbocycles. The summed E-state index contributed by atoms with van der Waals surface area (Å²) in [4.78, 5) is 0. The van der Waals surface area contributed by atoms with Gasteiger partial charge in [-0.05, 0) is 19.3 Å². The molecule has 0 N–H and O–H groups in total. The maximum absolute atomic E-state index is 6.44. The van der Waals surface area contributed by atoms with Crippen molar-refractivity contribution in [2.24, 2.45) is 0 Å². The zero-order valence-electron chi connectivity index (χ0n) is 14.3. The van der Waals surface area contributed by atoms with Gasteiger partial charge in [0.05, 0.1) is 18.8 Å². The average Bonchev–Trinajstić information content (AvgIpc) is 3.29. The second kappa shape index (κ2) is 9.22. The van der Waals surface area contributed by atoms with E-state index in [1.807, 2.05) is 0 Å². The molecule has 0 aromatic rings. The number of epoxide rings is 1. The summed E-state index contributed by atoms with van der Waals surface area (Å²) in [5, 5.41) is 0. The zero-order chi connectivity index (χ0) is 15.8. The summed E-state index contributed by atoms with van der Waals surface area (Å²) in [6.07, 6.45) is 6.39. The highest BCUT2D eigenvalue weighted by molar-refractivity contribution is 6.53. The maximum atomic E-state index is 6.44. The van der Waals surface area contributed by atoms with Crippen LogP contribution >= 0.6 is 0 Å². The molecular formula is C15H32O5Si. The molecular weight excluding hydrogens is 288 g/mol. The van der Waals surface area contributed by atoms with E-state index >= 15 is 0 Å². The third-order valence-corrected chi connectivity index (χ3v) is 6.01. The van der Waals surface area contributed by atoms with Gasteiger partial charge in [0.1, 0.15) is 6.10 Å². The van der Waals surface area contributed by atoms with Crippen molar-refractivity contribution in [2.45, 2.75) is 71.0 Å². The molecule has 126 valence electrons. The Morgan fingerprint density at radius 2 is 1.48 bits per heavy atom. The molecule has 0 spiro atoms. The van der Waals surface area contributed by atoms with E-state index in [-0.39, 0.29) is 11.7 Å². The van der Waals surface area contributed by atoms with Gasteiger partial charge in [0.2, 0.25) is 0 Å². The lowest BCUT2D eigenvalue weighted by molar-refractivity contribution is -0.0916. The second-order valence-corrected chi connectivity index (χ2v) is 8.02. The molecule has 1 rings (SSSR count). The maximum Gasteiger partial charge on any atom is 0.679 e. The zero-order valence-corrected chi connectivity index (χ0v) is 15.3. The van der Waals surface area contributed by atoms with Gasteiger partial charge in [0.15, 0.2) is 0 Å². The minimum Gasteiger partial charge on any atom is -0.371 e. The van der Waals surface area contributed by atoms with E-state index in [1.54, 1.807) is 14.2 Å². The summed E-state index contributed by atoms with van der Waals surface area (Å²) in [5.41, 5.74) is -0.207. The van der Waals surface area contributed by atoms with Crippen LogP contribution in [0.25, 0.3) is 0 Å². The van der Waals surface area contributed by atoms with Crippen molar-refractivity contribution in [3.8, 4) is 0 Å². The van der Waals surface area contributed by atoms with Crippen LogP contribution in [-0.2, 0) is 22.4 Å². The van der Waals surface area contributed by atoms with Crippen molar-refractivity contribution in [3.05, 3.63) is 0 Å². The number of rotatable bonds is 13. The van der Waals surface area contributed by atoms with Crippen LogP contribution in [0.5, 0.6) is 0 Å². The fraction of sp³-hybridized carbons (Fsp3) is 1.00. The third-order valence-electron chi connectivity index (χ3n) is 3.81. The Morgan fingerprint density at radius 1 is 1.00 bits per heavy atom. The molecule has 1 aliphatic heterocycles. The standard InChI is InChI=1S/C15H32O5Si/c1-6-9-15(10-7-2,11-8-3)20-21(16-4,17-5)19-13-14-12-18-14/h14H,6-13H2,1-5H3. The monoisotopic (exact) mass is 320 g/mol. The minimum absolute atomic E-state index is 0.170. The predicted octanol–water partition coefficient (Wildman–Crippen LogP) is 3.29. The Hall–Kier alpha value is 0.0169. The van der Waals surface area contributed by atoms with Crippen molar-refractivity contribution in [1.82, 2.24) is 0 Å². The first-order valence-electron chi connectivity index (χ1n) is 8.15. The Bertz CT molecular complexity index is 262.